The Labute approximate surface area is 187 Å². The predicted molar refractivity (Wildman–Crippen MR) is 121 cm³/mol. The van der Waals surface area contributed by atoms with Crippen LogP contribution in [-0.4, -0.2) is 71.3 Å². The van der Waals surface area contributed by atoms with Gasteiger partial charge < -0.3 is 4.74 Å². The Morgan fingerprint density at radius 1 is 1.09 bits per heavy atom. The Morgan fingerprint density at radius 2 is 1.91 bits per heavy atom. The number of hydrogen-bond acceptors (Lipinski definition) is 5. The van der Waals surface area contributed by atoms with Crippen LogP contribution >= 0.6 is 0 Å². The highest BCUT2D eigenvalue weighted by atomic mass is 16.5. The summed E-state index contributed by atoms with van der Waals surface area (Å²) < 4.78 is 8.07. The van der Waals surface area contributed by atoms with Gasteiger partial charge in [0, 0.05) is 20.2 Å². The van der Waals surface area contributed by atoms with E-state index >= 15 is 0 Å². The standard InChI is InChI=1S/C24H26N5O3/c1-15-8-9-16(2)17(12-15)14-32-19-7-5-6-18(13-19)28-10-11-29-20-21(25-23(28)29)26(3)24(31)27(4)22(20)30/h5-9,12-13,20H,10-11,14H2,1-4H3/q+1. The Morgan fingerprint density at radius 3 is 2.72 bits per heavy atom. The molecule has 164 valence electrons. The summed E-state index contributed by atoms with van der Waals surface area (Å²) in [5.74, 6) is 1.71. The van der Waals surface area contributed by atoms with Crippen molar-refractivity contribution in [2.24, 2.45) is 4.99 Å². The molecule has 0 spiro atoms. The van der Waals surface area contributed by atoms with Crippen molar-refractivity contribution in [2.75, 3.05) is 32.1 Å². The number of rotatable bonds is 4. The average Bonchev–Trinajstić information content (AvgIpc) is 3.36. The number of urea groups is 1. The summed E-state index contributed by atoms with van der Waals surface area (Å²) in [7, 11) is 3.17. The van der Waals surface area contributed by atoms with Crippen molar-refractivity contribution in [1.82, 2.24) is 9.80 Å². The maximum absolute atomic E-state index is 12.8. The van der Waals surface area contributed by atoms with Gasteiger partial charge in [0.1, 0.15) is 24.6 Å². The van der Waals surface area contributed by atoms with Crippen LogP contribution in [0.1, 0.15) is 16.7 Å². The molecule has 0 radical (unpaired) electrons. The Kier molecular flexibility index (Phi) is 4.73. The molecule has 0 N–H and O–H groups in total. The third-order valence-corrected chi connectivity index (χ3v) is 6.34. The number of likely N-dealkylation sites (N-methyl/N-ethyl adjacent to an activating group) is 2. The lowest BCUT2D eigenvalue weighted by Crippen LogP contribution is -2.61. The third-order valence-electron chi connectivity index (χ3n) is 6.34. The average molecular weight is 433 g/mol. The number of carbonyl (C=O) groups is 2. The van der Waals surface area contributed by atoms with Crippen LogP contribution in [-0.2, 0) is 11.4 Å². The van der Waals surface area contributed by atoms with E-state index in [4.69, 9.17) is 9.73 Å². The van der Waals surface area contributed by atoms with Gasteiger partial charge in [-0.05, 0) is 37.1 Å². The highest BCUT2D eigenvalue weighted by Crippen LogP contribution is 2.29. The van der Waals surface area contributed by atoms with E-state index in [-0.39, 0.29) is 11.9 Å². The highest BCUT2D eigenvalue weighted by Gasteiger charge is 2.54. The molecule has 3 aliphatic heterocycles. The zero-order valence-electron chi connectivity index (χ0n) is 18.7. The van der Waals surface area contributed by atoms with E-state index in [9.17, 15) is 9.59 Å². The fourth-order valence-electron chi connectivity index (χ4n) is 4.44. The van der Waals surface area contributed by atoms with Crippen LogP contribution in [0.15, 0.2) is 47.5 Å². The van der Waals surface area contributed by atoms with Crippen molar-refractivity contribution in [3.63, 3.8) is 0 Å². The first-order valence-corrected chi connectivity index (χ1v) is 10.7. The molecule has 0 aromatic heterocycles. The number of amides is 3. The number of fused-ring (bicyclic) bond motifs is 2. The van der Waals surface area contributed by atoms with Crippen molar-refractivity contribution >= 4 is 29.4 Å². The number of guanidine groups is 1. The van der Waals surface area contributed by atoms with Crippen molar-refractivity contribution in [3.8, 4) is 5.75 Å². The van der Waals surface area contributed by atoms with E-state index in [1.165, 1.54) is 28.6 Å². The molecule has 0 saturated carbocycles. The van der Waals surface area contributed by atoms with Gasteiger partial charge in [0.2, 0.25) is 11.9 Å². The number of ether oxygens (including phenoxy) is 1. The van der Waals surface area contributed by atoms with E-state index in [0.29, 0.717) is 31.5 Å². The number of carbonyl (C=O) groups excluding carboxylic acids is 2. The Hall–Kier alpha value is -3.68. The molecular weight excluding hydrogens is 406 g/mol. The van der Waals surface area contributed by atoms with Crippen LogP contribution in [0.2, 0.25) is 0 Å². The number of benzene rings is 2. The topological polar surface area (TPSA) is 68.5 Å². The van der Waals surface area contributed by atoms with Crippen molar-refractivity contribution in [1.29, 1.82) is 0 Å². The van der Waals surface area contributed by atoms with E-state index in [0.717, 1.165) is 16.3 Å². The summed E-state index contributed by atoms with van der Waals surface area (Å²) in [5, 5.41) is 0. The van der Waals surface area contributed by atoms with Gasteiger partial charge in [-0.1, -0.05) is 34.8 Å². The van der Waals surface area contributed by atoms with Crippen LogP contribution in [0.25, 0.3) is 0 Å². The number of aliphatic imine (C=N–C) groups is 1. The first-order valence-electron chi connectivity index (χ1n) is 10.7. The molecule has 2 aromatic carbocycles. The van der Waals surface area contributed by atoms with Crippen LogP contribution in [0.5, 0.6) is 5.75 Å². The SMILES string of the molecule is Cc1ccc(C)c(COc2cccc(N3CC[N+]4=C3N=C3C4C(=O)N(C)C(=O)N3C)c2)c1. The fourth-order valence-corrected chi connectivity index (χ4v) is 4.44. The zero-order valence-corrected chi connectivity index (χ0v) is 18.7. The lowest BCUT2D eigenvalue weighted by molar-refractivity contribution is -0.525. The smallest absolute Gasteiger partial charge is 0.397 e. The molecule has 32 heavy (non-hydrogen) atoms. The molecule has 0 bridgehead atoms. The quantitative estimate of drug-likeness (QED) is 0.696. The van der Waals surface area contributed by atoms with Crippen LogP contribution in [0, 0.1) is 13.8 Å². The van der Waals surface area contributed by atoms with E-state index in [1.807, 2.05) is 28.8 Å². The molecule has 1 fully saturated rings. The first-order chi connectivity index (χ1) is 15.3. The van der Waals surface area contributed by atoms with Crippen LogP contribution in [0.4, 0.5) is 10.5 Å². The predicted octanol–water partition coefficient (Wildman–Crippen LogP) is 2.38. The monoisotopic (exact) mass is 432 g/mol. The first kappa shape index (κ1) is 20.2. The van der Waals surface area contributed by atoms with Gasteiger partial charge in [0.25, 0.3) is 5.91 Å². The lowest BCUT2D eigenvalue weighted by Gasteiger charge is -2.31. The summed E-state index contributed by atoms with van der Waals surface area (Å²) in [6.45, 7) is 6.02. The zero-order chi connectivity index (χ0) is 22.6. The maximum atomic E-state index is 12.8. The molecule has 1 saturated heterocycles. The van der Waals surface area contributed by atoms with Crippen molar-refractivity contribution in [2.45, 2.75) is 26.5 Å². The highest BCUT2D eigenvalue weighted by molar-refractivity contribution is 6.24. The maximum Gasteiger partial charge on any atom is 0.397 e. The normalized spacial score (nSPS) is 20.1. The van der Waals surface area contributed by atoms with E-state index in [1.54, 1.807) is 7.05 Å². The molecule has 5 rings (SSSR count). The fraction of sp³-hybridized carbons (Fsp3) is 0.333. The summed E-state index contributed by atoms with van der Waals surface area (Å²) in [5.41, 5.74) is 4.52. The molecule has 8 heteroatoms. The molecule has 3 heterocycles. The number of nitrogens with zero attached hydrogens (tertiary/aromatic N) is 5. The molecule has 3 aliphatic rings. The minimum Gasteiger partial charge on any atom is -0.489 e. The number of anilines is 1. The number of imide groups is 1. The van der Waals surface area contributed by atoms with Crippen molar-refractivity contribution < 1.29 is 18.9 Å². The van der Waals surface area contributed by atoms with E-state index < -0.39 is 6.04 Å². The summed E-state index contributed by atoms with van der Waals surface area (Å²) in [6, 6.07) is 13.3. The second-order valence-electron chi connectivity index (χ2n) is 8.47. The van der Waals surface area contributed by atoms with Gasteiger partial charge in [-0.15, -0.1) is 0 Å². The summed E-state index contributed by atoms with van der Waals surface area (Å²) >= 11 is 0. The molecular formula is C24H26N5O3+. The second-order valence-corrected chi connectivity index (χ2v) is 8.47. The molecule has 1 atom stereocenters. The minimum atomic E-state index is -0.550. The van der Waals surface area contributed by atoms with E-state index in [2.05, 4.69) is 36.9 Å². The summed E-state index contributed by atoms with van der Waals surface area (Å²) in [4.78, 5) is 34.5. The Balaban J connectivity index is 1.40. The number of hydrogen-bond donors (Lipinski definition) is 0. The Bertz CT molecular complexity index is 1200. The van der Waals surface area contributed by atoms with Crippen LogP contribution in [0.3, 0.4) is 0 Å². The van der Waals surface area contributed by atoms with Gasteiger partial charge in [-0.3, -0.25) is 14.6 Å². The summed E-state index contributed by atoms with van der Waals surface area (Å²) in [6.07, 6.45) is 0. The number of amidine groups is 1. The second kappa shape index (κ2) is 7.47. The van der Waals surface area contributed by atoms with Gasteiger partial charge >= 0.3 is 12.0 Å². The molecule has 1 unspecified atom stereocenters. The van der Waals surface area contributed by atoms with Crippen molar-refractivity contribution in [3.05, 3.63) is 59.2 Å². The minimum absolute atomic E-state index is 0.241. The molecule has 8 nitrogen and oxygen atoms in total. The van der Waals surface area contributed by atoms with Gasteiger partial charge in [0.05, 0.1) is 6.54 Å². The largest absolute Gasteiger partial charge is 0.489 e. The third kappa shape index (κ3) is 3.14. The number of aryl methyl sites for hydroxylation is 2. The van der Waals surface area contributed by atoms with Gasteiger partial charge in [-0.2, -0.15) is 0 Å². The van der Waals surface area contributed by atoms with Gasteiger partial charge in [0.15, 0.2) is 0 Å². The van der Waals surface area contributed by atoms with Crippen LogP contribution < -0.4 is 9.64 Å². The van der Waals surface area contributed by atoms with Gasteiger partial charge in [-0.25, -0.2) is 14.3 Å². The lowest BCUT2D eigenvalue weighted by atomic mass is 10.1. The molecule has 0 aliphatic carbocycles. The molecule has 3 amide bonds. The molecule has 2 aromatic rings.